The SMILES string of the molecule is [2H]c1c([2H])c([2H])c(-c2cc(-c3c([2H])c([2H])c(-c4c([2H])c([2H])c([2H])c([2H])c4[2H])c([2H])c3[2H])c3oc4ccc(-c5c6c([2H])c([2H])c([2H])c([2H])c6c(-c6c([2H])c([2H])c([2H])c([2H])c6[2H])c6c([2H])c([2H])c([2H])c([2H])c56)cc4c3c2)c([2H])c1[2H]. The third-order valence-electron chi connectivity index (χ3n) is 8.42. The fraction of sp³-hybridized carbons (Fsp3) is 0. The molecule has 0 aliphatic rings. The second kappa shape index (κ2) is 12.0. The average molecular weight is 676 g/mol. The van der Waals surface area contributed by atoms with Crippen molar-refractivity contribution in [2.45, 2.75) is 0 Å². The summed E-state index contributed by atoms with van der Waals surface area (Å²) in [5.41, 5.74) is -4.26. The van der Waals surface area contributed by atoms with Gasteiger partial charge in [0.15, 0.2) is 0 Å². The molecule has 1 nitrogen and oxygen atoms in total. The van der Waals surface area contributed by atoms with Crippen LogP contribution in [0.5, 0.6) is 0 Å². The third kappa shape index (κ3) is 4.94. The molecule has 1 aromatic heterocycles. The molecule has 0 fully saturated rings. The molecule has 0 amide bonds. The lowest BCUT2D eigenvalue weighted by Gasteiger charge is -2.17. The summed E-state index contributed by atoms with van der Waals surface area (Å²) in [5, 5.41) is -1.73. The molecule has 0 aliphatic heterocycles. The number of furan rings is 1. The van der Waals surface area contributed by atoms with Crippen molar-refractivity contribution in [1.82, 2.24) is 0 Å². The van der Waals surface area contributed by atoms with Gasteiger partial charge >= 0.3 is 0 Å². The summed E-state index contributed by atoms with van der Waals surface area (Å²) in [6.07, 6.45) is 0. The Kier molecular flexibility index (Phi) is 3.03. The highest BCUT2D eigenvalue weighted by atomic mass is 16.3. The fourth-order valence-electron chi connectivity index (χ4n) is 6.24. The molecule has 0 radical (unpaired) electrons. The molecular formula is C50H32O. The van der Waals surface area contributed by atoms with Crippen LogP contribution in [0.1, 0.15) is 37.0 Å². The normalized spacial score (nSPS) is 18.9. The first-order valence-corrected chi connectivity index (χ1v) is 15.3. The van der Waals surface area contributed by atoms with Crippen molar-refractivity contribution in [3.05, 3.63) is 193 Å². The van der Waals surface area contributed by atoms with Gasteiger partial charge in [-0.25, -0.2) is 0 Å². The third-order valence-corrected chi connectivity index (χ3v) is 8.42. The monoisotopic (exact) mass is 675 g/mol. The zero-order chi connectivity index (χ0) is 57.2. The smallest absolute Gasteiger partial charge is 0.143 e. The van der Waals surface area contributed by atoms with E-state index < -0.39 is 218 Å². The Hall–Kier alpha value is -6.70. The summed E-state index contributed by atoms with van der Waals surface area (Å²) >= 11 is 0. The number of rotatable bonds is 5. The minimum Gasteiger partial charge on any atom is -0.455 e. The van der Waals surface area contributed by atoms with Crippen molar-refractivity contribution in [2.24, 2.45) is 0 Å². The van der Waals surface area contributed by atoms with Crippen molar-refractivity contribution >= 4 is 43.5 Å². The molecule has 0 N–H and O–H groups in total. The number of hydrogen-bond acceptors (Lipinski definition) is 1. The van der Waals surface area contributed by atoms with E-state index in [0.717, 1.165) is 0 Å². The standard InChI is InChI=1S/C50H32O/c1-4-14-33(15-5-1)35-24-26-36(27-25-35)44-31-39(34-16-6-2-7-17-34)32-46-45-30-38(28-29-47(45)51-50(44)46)49-42-22-12-10-20-40(42)48(37-18-8-3-9-19-37)41-21-11-13-23-43(41)49/h1-32H/i1D,2D,3D,4D,5D,6D,7D,8D,9D,10D,11D,12D,13D,14D,15D,16D,17D,18D,19D,20D,21D,22D,23D,24D,25D,26D,27D. The summed E-state index contributed by atoms with van der Waals surface area (Å²) in [5.74, 6) is 0. The molecule has 9 aromatic carbocycles. The summed E-state index contributed by atoms with van der Waals surface area (Å²) in [6.45, 7) is 0. The predicted octanol–water partition coefficient (Wildman–Crippen LogP) is 14.2. The quantitative estimate of drug-likeness (QED) is 0.166. The summed E-state index contributed by atoms with van der Waals surface area (Å²) < 4.78 is 245. The van der Waals surface area contributed by atoms with Gasteiger partial charge in [0.25, 0.3) is 0 Å². The Balaban J connectivity index is 1.39. The second-order valence-corrected chi connectivity index (χ2v) is 11.2. The van der Waals surface area contributed by atoms with Gasteiger partial charge in [-0.15, -0.1) is 0 Å². The molecule has 1 heteroatoms. The van der Waals surface area contributed by atoms with Crippen LogP contribution in [0.3, 0.4) is 0 Å². The summed E-state index contributed by atoms with van der Waals surface area (Å²) in [6, 6.07) is -15.0. The van der Waals surface area contributed by atoms with Crippen LogP contribution >= 0.6 is 0 Å². The van der Waals surface area contributed by atoms with Gasteiger partial charge in [0, 0.05) is 16.3 Å². The molecule has 238 valence electrons. The Morgan fingerprint density at radius 1 is 0.314 bits per heavy atom. The molecule has 10 aromatic rings. The Morgan fingerprint density at radius 3 is 1.31 bits per heavy atom. The first-order chi connectivity index (χ1) is 36.5. The van der Waals surface area contributed by atoms with Gasteiger partial charge in [-0.3, -0.25) is 0 Å². The highest BCUT2D eigenvalue weighted by Crippen LogP contribution is 2.46. The van der Waals surface area contributed by atoms with Gasteiger partial charge in [-0.05, 0) is 95.9 Å². The summed E-state index contributed by atoms with van der Waals surface area (Å²) in [4.78, 5) is 0. The van der Waals surface area contributed by atoms with E-state index in [-0.39, 0.29) is 44.2 Å². The number of fused-ring (bicyclic) bond motifs is 5. The van der Waals surface area contributed by atoms with Crippen LogP contribution in [-0.4, -0.2) is 0 Å². The molecule has 0 unspecified atom stereocenters. The topological polar surface area (TPSA) is 13.1 Å². The van der Waals surface area contributed by atoms with E-state index in [1.54, 1.807) is 0 Å². The maximum Gasteiger partial charge on any atom is 0.143 e. The minimum atomic E-state index is -0.857. The number of benzene rings is 9. The van der Waals surface area contributed by atoms with Gasteiger partial charge in [-0.2, -0.15) is 0 Å². The van der Waals surface area contributed by atoms with Crippen LogP contribution in [0.2, 0.25) is 0 Å². The molecule has 0 atom stereocenters. The lowest BCUT2D eigenvalue weighted by molar-refractivity contribution is 0.670. The maximum atomic E-state index is 9.40. The van der Waals surface area contributed by atoms with E-state index in [2.05, 4.69) is 0 Å². The van der Waals surface area contributed by atoms with Gasteiger partial charge in [0.2, 0.25) is 0 Å². The highest BCUT2D eigenvalue weighted by molar-refractivity contribution is 6.22. The zero-order valence-electron chi connectivity index (χ0n) is 52.8. The number of hydrogen-bond donors (Lipinski definition) is 0. The molecule has 0 spiro atoms. The van der Waals surface area contributed by atoms with E-state index in [4.69, 9.17) is 30.5 Å². The van der Waals surface area contributed by atoms with Crippen molar-refractivity contribution in [3.63, 3.8) is 0 Å². The van der Waals surface area contributed by atoms with Gasteiger partial charge < -0.3 is 4.42 Å². The molecule has 0 saturated heterocycles. The molecule has 10 rings (SSSR count). The van der Waals surface area contributed by atoms with Crippen LogP contribution in [0.15, 0.2) is 198 Å². The van der Waals surface area contributed by atoms with Crippen LogP contribution in [-0.2, 0) is 0 Å². The van der Waals surface area contributed by atoms with E-state index in [1.807, 2.05) is 0 Å². The van der Waals surface area contributed by atoms with Crippen LogP contribution in [0.4, 0.5) is 0 Å². The Bertz CT molecular complexity index is 4270. The Morgan fingerprint density at radius 2 is 0.745 bits per heavy atom. The van der Waals surface area contributed by atoms with E-state index in [1.165, 1.54) is 30.3 Å². The van der Waals surface area contributed by atoms with Gasteiger partial charge in [-0.1, -0.05) is 169 Å². The average Bonchev–Trinajstić information content (AvgIpc) is 3.91. The van der Waals surface area contributed by atoms with Crippen LogP contribution < -0.4 is 0 Å². The van der Waals surface area contributed by atoms with Crippen LogP contribution in [0.25, 0.3) is 99.1 Å². The largest absolute Gasteiger partial charge is 0.455 e. The predicted molar refractivity (Wildman–Crippen MR) is 216 cm³/mol. The van der Waals surface area contributed by atoms with E-state index in [0.29, 0.717) is 0 Å². The molecule has 0 aliphatic carbocycles. The van der Waals surface area contributed by atoms with Crippen molar-refractivity contribution in [3.8, 4) is 55.6 Å². The molecule has 0 bridgehead atoms. The van der Waals surface area contributed by atoms with E-state index in [9.17, 15) is 11.0 Å². The van der Waals surface area contributed by atoms with Crippen molar-refractivity contribution in [1.29, 1.82) is 0 Å². The van der Waals surface area contributed by atoms with E-state index >= 15 is 0 Å². The van der Waals surface area contributed by atoms with Crippen LogP contribution in [0, 0.1) is 0 Å². The van der Waals surface area contributed by atoms with Crippen molar-refractivity contribution in [2.75, 3.05) is 0 Å². The Labute approximate surface area is 334 Å². The maximum absolute atomic E-state index is 9.40. The minimum absolute atomic E-state index is 0.00844. The lowest BCUT2D eigenvalue weighted by atomic mass is 9.85. The molecular weight excluding hydrogens is 617 g/mol. The lowest BCUT2D eigenvalue weighted by Crippen LogP contribution is -1.90. The van der Waals surface area contributed by atoms with Crippen molar-refractivity contribution < 1.29 is 41.4 Å². The fourth-order valence-corrected chi connectivity index (χ4v) is 6.24. The summed E-state index contributed by atoms with van der Waals surface area (Å²) in [7, 11) is 0. The first-order valence-electron chi connectivity index (χ1n) is 28.8. The molecule has 1 heterocycles. The zero-order valence-corrected chi connectivity index (χ0v) is 25.8. The second-order valence-electron chi connectivity index (χ2n) is 11.2. The van der Waals surface area contributed by atoms with Gasteiger partial charge in [0.05, 0.1) is 37.0 Å². The molecule has 0 saturated carbocycles. The van der Waals surface area contributed by atoms with Gasteiger partial charge in [0.1, 0.15) is 11.2 Å². The highest BCUT2D eigenvalue weighted by Gasteiger charge is 2.19. The first kappa shape index (κ1) is 12.9. The molecule has 51 heavy (non-hydrogen) atoms.